The van der Waals surface area contributed by atoms with E-state index in [0.29, 0.717) is 6.54 Å². The van der Waals surface area contributed by atoms with Crippen molar-refractivity contribution in [2.45, 2.75) is 45.3 Å². The molecule has 0 unspecified atom stereocenters. The molecule has 0 radical (unpaired) electrons. The van der Waals surface area contributed by atoms with Gasteiger partial charge in [-0.2, -0.15) is 0 Å². The molecule has 24 heavy (non-hydrogen) atoms. The second-order valence-electron chi connectivity index (χ2n) is 7.25. The molecule has 0 aliphatic carbocycles. The maximum Gasteiger partial charge on any atom is 0.123 e. The lowest BCUT2D eigenvalue weighted by Crippen LogP contribution is -2.33. The minimum atomic E-state index is -0.552. The predicted octanol–water partition coefficient (Wildman–Crippen LogP) is 4.07. The number of benzene rings is 2. The zero-order valence-electron chi connectivity index (χ0n) is 15.1. The molecule has 0 bridgehead atoms. The molecular weight excluding hydrogens is 298 g/mol. The second kappa shape index (κ2) is 8.32. The van der Waals surface area contributed by atoms with Gasteiger partial charge < -0.3 is 15.2 Å². The van der Waals surface area contributed by atoms with Crippen LogP contribution in [0.5, 0.6) is 5.75 Å². The summed E-state index contributed by atoms with van der Waals surface area (Å²) in [4.78, 5) is 0. The first-order chi connectivity index (χ1) is 11.4. The van der Waals surface area contributed by atoms with Gasteiger partial charge in [0, 0.05) is 12.6 Å². The Morgan fingerprint density at radius 1 is 1.00 bits per heavy atom. The summed E-state index contributed by atoms with van der Waals surface area (Å²) in [6, 6.07) is 18.5. The van der Waals surface area contributed by atoms with Gasteiger partial charge in [-0.1, -0.05) is 69.3 Å². The van der Waals surface area contributed by atoms with Gasteiger partial charge in [-0.3, -0.25) is 0 Å². The van der Waals surface area contributed by atoms with Crippen molar-refractivity contribution < 1.29 is 9.84 Å². The number of hydrogen-bond acceptors (Lipinski definition) is 3. The Hall–Kier alpha value is -1.84. The third kappa shape index (κ3) is 5.36. The minimum absolute atomic E-state index is 0.0155. The Kier molecular flexibility index (Phi) is 6.41. The fraction of sp³-hybridized carbons (Fsp3) is 0.429. The van der Waals surface area contributed by atoms with Crippen molar-refractivity contribution in [3.05, 3.63) is 65.7 Å². The molecule has 0 fully saturated rings. The topological polar surface area (TPSA) is 41.5 Å². The lowest BCUT2D eigenvalue weighted by molar-refractivity contribution is 0.103. The van der Waals surface area contributed by atoms with Crippen LogP contribution in [0.1, 0.15) is 44.9 Å². The monoisotopic (exact) mass is 327 g/mol. The number of nitrogens with one attached hydrogen (secondary N) is 1. The quantitative estimate of drug-likeness (QED) is 0.805. The molecule has 0 aliphatic heterocycles. The lowest BCUT2D eigenvalue weighted by Gasteiger charge is -2.24. The summed E-state index contributed by atoms with van der Waals surface area (Å²) in [5.41, 5.74) is 2.38. The Bertz CT molecular complexity index is 619. The molecule has 0 aliphatic rings. The number of aliphatic hydroxyl groups excluding tert-OH is 1. The van der Waals surface area contributed by atoms with Crippen molar-refractivity contribution in [3.8, 4) is 5.75 Å². The smallest absolute Gasteiger partial charge is 0.123 e. The average Bonchev–Trinajstić information content (AvgIpc) is 2.58. The maximum atomic E-state index is 10.2. The van der Waals surface area contributed by atoms with E-state index < -0.39 is 6.10 Å². The second-order valence-corrected chi connectivity index (χ2v) is 7.25. The van der Waals surface area contributed by atoms with Crippen molar-refractivity contribution in [1.82, 2.24) is 5.32 Å². The molecule has 0 heterocycles. The van der Waals surface area contributed by atoms with Gasteiger partial charge in [0.05, 0.1) is 0 Å². The van der Waals surface area contributed by atoms with Crippen molar-refractivity contribution in [2.75, 3.05) is 13.2 Å². The molecule has 2 aromatic carbocycles. The van der Waals surface area contributed by atoms with Crippen LogP contribution in [0.2, 0.25) is 0 Å². The molecule has 0 saturated heterocycles. The maximum absolute atomic E-state index is 10.2. The molecule has 2 atom stereocenters. The van der Waals surface area contributed by atoms with E-state index in [1.807, 2.05) is 36.4 Å². The summed E-state index contributed by atoms with van der Waals surface area (Å²) < 4.78 is 5.87. The summed E-state index contributed by atoms with van der Waals surface area (Å²) in [6.07, 6.45) is -0.552. The summed E-state index contributed by atoms with van der Waals surface area (Å²) in [7, 11) is 0. The van der Waals surface area contributed by atoms with Crippen LogP contribution in [0, 0.1) is 0 Å². The molecule has 0 aromatic heterocycles. The van der Waals surface area contributed by atoms with Crippen molar-refractivity contribution >= 4 is 0 Å². The molecular formula is C21H29NO2. The van der Waals surface area contributed by atoms with E-state index in [4.69, 9.17) is 4.74 Å². The van der Waals surface area contributed by atoms with E-state index >= 15 is 0 Å². The van der Waals surface area contributed by atoms with E-state index in [0.717, 1.165) is 11.3 Å². The molecule has 3 nitrogen and oxygen atoms in total. The highest BCUT2D eigenvalue weighted by Gasteiger charge is 2.19. The SMILES string of the molecule is C[C@H](NC[C@H](O)COc1ccccc1C(C)(C)C)c1ccccc1. The summed E-state index contributed by atoms with van der Waals surface area (Å²) in [5, 5.41) is 13.6. The first kappa shape index (κ1) is 18.5. The first-order valence-electron chi connectivity index (χ1n) is 8.56. The Morgan fingerprint density at radius 3 is 2.29 bits per heavy atom. The summed E-state index contributed by atoms with van der Waals surface area (Å²) in [5.74, 6) is 0.847. The Labute approximate surface area is 145 Å². The van der Waals surface area contributed by atoms with Gasteiger partial charge in [0.1, 0.15) is 18.5 Å². The van der Waals surface area contributed by atoms with Gasteiger partial charge >= 0.3 is 0 Å². The van der Waals surface area contributed by atoms with Crippen LogP contribution in [0.25, 0.3) is 0 Å². The van der Waals surface area contributed by atoms with Crippen LogP contribution in [0.15, 0.2) is 54.6 Å². The largest absolute Gasteiger partial charge is 0.491 e. The number of hydrogen-bond donors (Lipinski definition) is 2. The van der Waals surface area contributed by atoms with Gasteiger partial charge in [-0.25, -0.2) is 0 Å². The zero-order chi connectivity index (χ0) is 17.6. The summed E-state index contributed by atoms with van der Waals surface area (Å²) >= 11 is 0. The van der Waals surface area contributed by atoms with Gasteiger partial charge in [0.2, 0.25) is 0 Å². The van der Waals surface area contributed by atoms with Gasteiger partial charge in [0.15, 0.2) is 0 Å². The van der Waals surface area contributed by atoms with E-state index in [9.17, 15) is 5.11 Å². The van der Waals surface area contributed by atoms with Crippen LogP contribution >= 0.6 is 0 Å². The zero-order valence-corrected chi connectivity index (χ0v) is 15.1. The molecule has 2 rings (SSSR count). The summed E-state index contributed by atoms with van der Waals surface area (Å²) in [6.45, 7) is 9.35. The van der Waals surface area contributed by atoms with E-state index in [1.165, 1.54) is 5.56 Å². The van der Waals surface area contributed by atoms with Crippen LogP contribution in [0.4, 0.5) is 0 Å². The van der Waals surface area contributed by atoms with E-state index in [2.05, 4.69) is 51.2 Å². The molecule has 0 saturated carbocycles. The fourth-order valence-corrected chi connectivity index (χ4v) is 2.63. The number of rotatable bonds is 7. The molecule has 130 valence electrons. The average molecular weight is 327 g/mol. The molecule has 3 heteroatoms. The van der Waals surface area contributed by atoms with E-state index in [1.54, 1.807) is 0 Å². The molecule has 2 N–H and O–H groups in total. The van der Waals surface area contributed by atoms with Crippen LogP contribution < -0.4 is 10.1 Å². The van der Waals surface area contributed by atoms with Gasteiger partial charge in [-0.15, -0.1) is 0 Å². The highest BCUT2D eigenvalue weighted by molar-refractivity contribution is 5.38. The van der Waals surface area contributed by atoms with Gasteiger partial charge in [-0.05, 0) is 29.5 Å². The molecule has 0 amide bonds. The Morgan fingerprint density at radius 2 is 1.62 bits per heavy atom. The number of ether oxygens (including phenoxy) is 1. The molecule has 2 aromatic rings. The highest BCUT2D eigenvalue weighted by Crippen LogP contribution is 2.30. The molecule has 0 spiro atoms. The van der Waals surface area contributed by atoms with Crippen molar-refractivity contribution in [2.24, 2.45) is 0 Å². The van der Waals surface area contributed by atoms with Crippen LogP contribution in [-0.2, 0) is 5.41 Å². The minimum Gasteiger partial charge on any atom is -0.491 e. The fourth-order valence-electron chi connectivity index (χ4n) is 2.63. The highest BCUT2D eigenvalue weighted by atomic mass is 16.5. The van der Waals surface area contributed by atoms with Gasteiger partial charge in [0.25, 0.3) is 0 Å². The lowest BCUT2D eigenvalue weighted by atomic mass is 9.86. The third-order valence-corrected chi connectivity index (χ3v) is 4.09. The van der Waals surface area contributed by atoms with Crippen molar-refractivity contribution in [1.29, 1.82) is 0 Å². The number of aliphatic hydroxyl groups is 1. The van der Waals surface area contributed by atoms with E-state index in [-0.39, 0.29) is 18.1 Å². The van der Waals surface area contributed by atoms with Crippen LogP contribution in [-0.4, -0.2) is 24.4 Å². The third-order valence-electron chi connectivity index (χ3n) is 4.09. The number of para-hydroxylation sites is 1. The Balaban J connectivity index is 1.85. The van der Waals surface area contributed by atoms with Crippen LogP contribution in [0.3, 0.4) is 0 Å². The standard InChI is InChI=1S/C21H29NO2/c1-16(17-10-6-5-7-11-17)22-14-18(23)15-24-20-13-9-8-12-19(20)21(2,3)4/h5-13,16,18,22-23H,14-15H2,1-4H3/t16-,18-/m0/s1. The first-order valence-corrected chi connectivity index (χ1v) is 8.56. The van der Waals surface area contributed by atoms with Crippen molar-refractivity contribution in [3.63, 3.8) is 0 Å². The predicted molar refractivity (Wildman–Crippen MR) is 99.5 cm³/mol. The normalized spacial score (nSPS) is 14.2.